The van der Waals surface area contributed by atoms with Crippen LogP contribution in [-0.2, 0) is 11.3 Å². The van der Waals surface area contributed by atoms with Gasteiger partial charge in [-0.1, -0.05) is 35.9 Å². The van der Waals surface area contributed by atoms with Crippen LogP contribution < -0.4 is 0 Å². The maximum atomic E-state index is 5.68. The molecule has 0 saturated carbocycles. The van der Waals surface area contributed by atoms with Crippen LogP contribution in [-0.4, -0.2) is 6.10 Å². The first-order chi connectivity index (χ1) is 6.68. The predicted molar refractivity (Wildman–Crippen MR) is 60.1 cm³/mol. The summed E-state index contributed by atoms with van der Waals surface area (Å²) in [6.07, 6.45) is 1.19. The van der Waals surface area contributed by atoms with E-state index in [2.05, 4.69) is 25.6 Å². The molecule has 0 amide bonds. The fourth-order valence-electron chi connectivity index (χ4n) is 1.36. The van der Waals surface area contributed by atoms with Crippen LogP contribution in [0.1, 0.15) is 25.8 Å². The second-order valence-corrected chi connectivity index (χ2v) is 3.77. The number of ether oxygens (including phenoxy) is 1. The van der Waals surface area contributed by atoms with Crippen molar-refractivity contribution >= 4 is 0 Å². The van der Waals surface area contributed by atoms with E-state index >= 15 is 0 Å². The molecule has 0 unspecified atom stereocenters. The van der Waals surface area contributed by atoms with Crippen molar-refractivity contribution in [3.8, 4) is 0 Å². The van der Waals surface area contributed by atoms with Crippen LogP contribution in [0.2, 0.25) is 0 Å². The lowest BCUT2D eigenvalue weighted by molar-refractivity contribution is 0.0536. The van der Waals surface area contributed by atoms with E-state index in [1.54, 1.807) is 0 Å². The lowest BCUT2D eigenvalue weighted by atomic mass is 10.1. The van der Waals surface area contributed by atoms with Gasteiger partial charge in [0.15, 0.2) is 0 Å². The van der Waals surface area contributed by atoms with Gasteiger partial charge < -0.3 is 4.74 Å². The fraction of sp³-hybridized carbons (Fsp3) is 0.385. The molecule has 14 heavy (non-hydrogen) atoms. The lowest BCUT2D eigenvalue weighted by Crippen LogP contribution is -2.08. The maximum Gasteiger partial charge on any atom is 0.0720 e. The second-order valence-electron chi connectivity index (χ2n) is 3.77. The predicted octanol–water partition coefficient (Wildman–Crippen LogP) is 3.56. The maximum absolute atomic E-state index is 5.68. The van der Waals surface area contributed by atoms with Crippen molar-refractivity contribution in [3.05, 3.63) is 48.0 Å². The minimum absolute atomic E-state index is 0.257. The van der Waals surface area contributed by atoms with E-state index < -0.39 is 0 Å². The van der Waals surface area contributed by atoms with E-state index in [0.29, 0.717) is 6.61 Å². The minimum atomic E-state index is 0.257. The Kier molecular flexibility index (Phi) is 4.41. The number of hydrogen-bond acceptors (Lipinski definition) is 1. The summed E-state index contributed by atoms with van der Waals surface area (Å²) < 4.78 is 5.68. The fourth-order valence-corrected chi connectivity index (χ4v) is 1.36. The van der Waals surface area contributed by atoms with Crippen molar-refractivity contribution in [1.82, 2.24) is 0 Å². The van der Waals surface area contributed by atoms with Crippen LogP contribution in [0.25, 0.3) is 0 Å². The zero-order chi connectivity index (χ0) is 10.4. The molecule has 0 saturated heterocycles. The van der Waals surface area contributed by atoms with Gasteiger partial charge in [0.25, 0.3) is 0 Å². The highest BCUT2D eigenvalue weighted by Gasteiger charge is 2.02. The summed E-state index contributed by atoms with van der Waals surface area (Å²) in [7, 11) is 0. The van der Waals surface area contributed by atoms with Gasteiger partial charge in [-0.3, -0.25) is 0 Å². The molecule has 1 aromatic rings. The van der Waals surface area contributed by atoms with E-state index in [9.17, 15) is 0 Å². The summed E-state index contributed by atoms with van der Waals surface area (Å²) in [5.41, 5.74) is 2.40. The zero-order valence-electron chi connectivity index (χ0n) is 8.99. The van der Waals surface area contributed by atoms with Crippen molar-refractivity contribution in [1.29, 1.82) is 0 Å². The third kappa shape index (κ3) is 4.24. The van der Waals surface area contributed by atoms with Crippen LogP contribution >= 0.6 is 0 Å². The van der Waals surface area contributed by atoms with Crippen LogP contribution in [0.3, 0.4) is 0 Å². The van der Waals surface area contributed by atoms with Crippen molar-refractivity contribution in [2.45, 2.75) is 33.0 Å². The average molecular weight is 190 g/mol. The van der Waals surface area contributed by atoms with Gasteiger partial charge in [-0.15, -0.1) is 6.58 Å². The molecule has 1 rings (SSSR count). The van der Waals surface area contributed by atoms with E-state index in [0.717, 1.165) is 6.42 Å². The van der Waals surface area contributed by atoms with E-state index in [1.165, 1.54) is 11.1 Å². The number of hydrogen-bond donors (Lipinski definition) is 0. The molecule has 0 fully saturated rings. The molecule has 1 atom stereocenters. The molecule has 0 heterocycles. The number of rotatable bonds is 5. The largest absolute Gasteiger partial charge is 0.374 e. The van der Waals surface area contributed by atoms with Crippen LogP contribution in [0, 0.1) is 0 Å². The summed E-state index contributed by atoms with van der Waals surface area (Å²) in [6, 6.07) is 10.2. The van der Waals surface area contributed by atoms with Crippen molar-refractivity contribution in [2.24, 2.45) is 0 Å². The van der Waals surface area contributed by atoms with Gasteiger partial charge in [0.05, 0.1) is 12.7 Å². The molecule has 1 aromatic carbocycles. The summed E-state index contributed by atoms with van der Waals surface area (Å²) in [4.78, 5) is 0. The van der Waals surface area contributed by atoms with Gasteiger partial charge in [-0.2, -0.15) is 0 Å². The smallest absolute Gasteiger partial charge is 0.0720 e. The Hall–Kier alpha value is -1.08. The third-order valence-corrected chi connectivity index (χ3v) is 2.01. The summed E-state index contributed by atoms with van der Waals surface area (Å²) >= 11 is 0. The Labute approximate surface area is 86.4 Å². The van der Waals surface area contributed by atoms with E-state index in [4.69, 9.17) is 4.74 Å². The second kappa shape index (κ2) is 5.61. The van der Waals surface area contributed by atoms with Gasteiger partial charge in [-0.25, -0.2) is 0 Å². The molecule has 0 aromatic heterocycles. The first-order valence-electron chi connectivity index (χ1n) is 4.98. The minimum Gasteiger partial charge on any atom is -0.374 e. The van der Waals surface area contributed by atoms with Crippen molar-refractivity contribution in [3.63, 3.8) is 0 Å². The SMILES string of the molecule is C=C(C)C[C@@H](C)OCc1ccccc1. The molecule has 0 aliphatic rings. The van der Waals surface area contributed by atoms with E-state index in [1.807, 2.05) is 25.1 Å². The van der Waals surface area contributed by atoms with Crippen LogP contribution in [0.4, 0.5) is 0 Å². The molecular weight excluding hydrogens is 172 g/mol. The zero-order valence-corrected chi connectivity index (χ0v) is 8.99. The highest BCUT2D eigenvalue weighted by Crippen LogP contribution is 2.08. The Balaban J connectivity index is 2.30. The molecule has 0 aliphatic heterocycles. The average Bonchev–Trinajstić information content (AvgIpc) is 2.15. The monoisotopic (exact) mass is 190 g/mol. The molecule has 0 N–H and O–H groups in total. The normalized spacial score (nSPS) is 12.4. The quantitative estimate of drug-likeness (QED) is 0.645. The lowest BCUT2D eigenvalue weighted by Gasteiger charge is -2.12. The van der Waals surface area contributed by atoms with Crippen molar-refractivity contribution in [2.75, 3.05) is 0 Å². The topological polar surface area (TPSA) is 9.23 Å². The van der Waals surface area contributed by atoms with Crippen LogP contribution in [0.15, 0.2) is 42.5 Å². The van der Waals surface area contributed by atoms with Gasteiger partial charge in [0, 0.05) is 0 Å². The number of benzene rings is 1. The van der Waals surface area contributed by atoms with Crippen molar-refractivity contribution < 1.29 is 4.74 Å². The summed E-state index contributed by atoms with van der Waals surface area (Å²) in [5, 5.41) is 0. The molecule has 0 spiro atoms. The summed E-state index contributed by atoms with van der Waals surface area (Å²) in [5.74, 6) is 0. The highest BCUT2D eigenvalue weighted by atomic mass is 16.5. The molecule has 1 heteroatoms. The van der Waals surface area contributed by atoms with E-state index in [-0.39, 0.29) is 6.10 Å². The Morgan fingerprint density at radius 1 is 1.36 bits per heavy atom. The van der Waals surface area contributed by atoms with Gasteiger partial charge in [-0.05, 0) is 25.8 Å². The highest BCUT2D eigenvalue weighted by molar-refractivity contribution is 5.13. The molecule has 0 aliphatic carbocycles. The first kappa shape index (κ1) is 11.0. The van der Waals surface area contributed by atoms with Crippen LogP contribution in [0.5, 0.6) is 0 Å². The first-order valence-corrected chi connectivity index (χ1v) is 4.98. The summed E-state index contributed by atoms with van der Waals surface area (Å²) in [6.45, 7) is 8.67. The third-order valence-electron chi connectivity index (χ3n) is 2.01. The standard InChI is InChI=1S/C13H18O/c1-11(2)9-12(3)14-10-13-7-5-4-6-8-13/h4-8,12H,1,9-10H2,2-3H3/t12-/m1/s1. The van der Waals surface area contributed by atoms with Gasteiger partial charge in [0.2, 0.25) is 0 Å². The Bertz CT molecular complexity index is 277. The molecule has 76 valence electrons. The van der Waals surface area contributed by atoms with Gasteiger partial charge >= 0.3 is 0 Å². The molecular formula is C13H18O. The molecule has 0 radical (unpaired) electrons. The Morgan fingerprint density at radius 2 is 2.00 bits per heavy atom. The molecule has 0 bridgehead atoms. The van der Waals surface area contributed by atoms with Gasteiger partial charge in [0.1, 0.15) is 0 Å². The molecule has 1 nitrogen and oxygen atoms in total. The Morgan fingerprint density at radius 3 is 2.57 bits per heavy atom.